The van der Waals surface area contributed by atoms with Gasteiger partial charge in [-0.3, -0.25) is 20.4 Å². The maximum Gasteiger partial charge on any atom is 0.121 e. The first-order valence-electron chi connectivity index (χ1n) is 10.4. The SMILES string of the molecule is CCCCC(CC)N1CC(OCC2NCCN2C)NCC1C(C)(C)C. The van der Waals surface area contributed by atoms with E-state index in [0.717, 1.165) is 32.8 Å². The molecule has 2 rings (SSSR count). The zero-order chi connectivity index (χ0) is 18.4. The van der Waals surface area contributed by atoms with E-state index in [9.17, 15) is 0 Å². The Kier molecular flexibility index (Phi) is 8.15. The van der Waals surface area contributed by atoms with Gasteiger partial charge in [0.2, 0.25) is 0 Å². The molecule has 25 heavy (non-hydrogen) atoms. The molecule has 0 aromatic rings. The van der Waals surface area contributed by atoms with Gasteiger partial charge < -0.3 is 4.74 Å². The highest BCUT2D eigenvalue weighted by molar-refractivity contribution is 4.93. The molecule has 0 spiro atoms. The molecular formula is C20H42N4O. The first-order valence-corrected chi connectivity index (χ1v) is 10.4. The molecule has 2 saturated heterocycles. The highest BCUT2D eigenvalue weighted by Gasteiger charge is 2.38. The van der Waals surface area contributed by atoms with E-state index in [1.54, 1.807) is 0 Å². The highest BCUT2D eigenvalue weighted by Crippen LogP contribution is 2.30. The Bertz CT molecular complexity index is 384. The molecule has 2 aliphatic rings. The zero-order valence-corrected chi connectivity index (χ0v) is 17.5. The van der Waals surface area contributed by atoms with Crippen LogP contribution >= 0.6 is 0 Å². The molecule has 4 unspecified atom stereocenters. The molecule has 0 aromatic carbocycles. The predicted octanol–water partition coefficient (Wildman–Crippen LogP) is 2.48. The summed E-state index contributed by atoms with van der Waals surface area (Å²) in [6, 6.07) is 1.24. The Morgan fingerprint density at radius 1 is 1.20 bits per heavy atom. The maximum atomic E-state index is 6.27. The molecule has 0 aliphatic carbocycles. The van der Waals surface area contributed by atoms with Crippen molar-refractivity contribution in [1.29, 1.82) is 0 Å². The van der Waals surface area contributed by atoms with Gasteiger partial charge in [-0.15, -0.1) is 0 Å². The quantitative estimate of drug-likeness (QED) is 0.701. The van der Waals surface area contributed by atoms with Crippen molar-refractivity contribution in [3.63, 3.8) is 0 Å². The van der Waals surface area contributed by atoms with Crippen molar-refractivity contribution >= 4 is 0 Å². The largest absolute Gasteiger partial charge is 0.359 e. The van der Waals surface area contributed by atoms with Crippen molar-refractivity contribution in [2.75, 3.05) is 39.8 Å². The van der Waals surface area contributed by atoms with E-state index >= 15 is 0 Å². The van der Waals surface area contributed by atoms with Gasteiger partial charge >= 0.3 is 0 Å². The number of nitrogens with zero attached hydrogens (tertiary/aromatic N) is 2. The number of unbranched alkanes of at least 4 members (excludes halogenated alkanes) is 1. The van der Waals surface area contributed by atoms with Crippen LogP contribution in [-0.2, 0) is 4.74 Å². The van der Waals surface area contributed by atoms with Gasteiger partial charge in [-0.05, 0) is 25.3 Å². The van der Waals surface area contributed by atoms with Crippen molar-refractivity contribution < 1.29 is 4.74 Å². The molecular weight excluding hydrogens is 312 g/mol. The van der Waals surface area contributed by atoms with Gasteiger partial charge in [0.05, 0.1) is 12.8 Å². The summed E-state index contributed by atoms with van der Waals surface area (Å²) in [5.41, 5.74) is 0.283. The Hall–Kier alpha value is -0.200. The monoisotopic (exact) mass is 354 g/mol. The molecule has 0 amide bonds. The van der Waals surface area contributed by atoms with Crippen molar-refractivity contribution in [3.05, 3.63) is 0 Å². The Morgan fingerprint density at radius 2 is 1.96 bits per heavy atom. The lowest BCUT2D eigenvalue weighted by Crippen LogP contribution is -2.64. The second kappa shape index (κ2) is 9.65. The molecule has 2 fully saturated rings. The van der Waals surface area contributed by atoms with Crippen LogP contribution in [-0.4, -0.2) is 74.1 Å². The van der Waals surface area contributed by atoms with Crippen LogP contribution in [0.1, 0.15) is 60.3 Å². The summed E-state index contributed by atoms with van der Waals surface area (Å²) in [7, 11) is 2.17. The summed E-state index contributed by atoms with van der Waals surface area (Å²) >= 11 is 0. The van der Waals surface area contributed by atoms with E-state index in [1.807, 2.05) is 0 Å². The van der Waals surface area contributed by atoms with Gasteiger partial charge in [0.1, 0.15) is 6.23 Å². The van der Waals surface area contributed by atoms with Gasteiger partial charge in [0, 0.05) is 38.3 Å². The number of piperazine rings is 1. The third-order valence-corrected chi connectivity index (χ3v) is 5.98. The van der Waals surface area contributed by atoms with E-state index in [4.69, 9.17) is 4.74 Å². The van der Waals surface area contributed by atoms with Crippen molar-refractivity contribution in [2.45, 2.75) is 84.8 Å². The summed E-state index contributed by atoms with van der Waals surface area (Å²) in [6.07, 6.45) is 5.64. The zero-order valence-electron chi connectivity index (χ0n) is 17.5. The lowest BCUT2D eigenvalue weighted by atomic mass is 9.83. The van der Waals surface area contributed by atoms with E-state index in [1.165, 1.54) is 25.7 Å². The molecule has 0 bridgehead atoms. The fourth-order valence-corrected chi connectivity index (χ4v) is 4.22. The number of nitrogens with one attached hydrogen (secondary N) is 2. The molecule has 148 valence electrons. The molecule has 2 heterocycles. The Morgan fingerprint density at radius 3 is 2.52 bits per heavy atom. The first-order chi connectivity index (χ1) is 11.9. The van der Waals surface area contributed by atoms with Gasteiger partial charge in [-0.1, -0.05) is 47.5 Å². The van der Waals surface area contributed by atoms with Gasteiger partial charge in [0.15, 0.2) is 0 Å². The fraction of sp³-hybridized carbons (Fsp3) is 1.00. The van der Waals surface area contributed by atoms with Crippen LogP contribution in [0.2, 0.25) is 0 Å². The normalized spacial score (nSPS) is 30.7. The van der Waals surface area contributed by atoms with Crippen LogP contribution in [0.3, 0.4) is 0 Å². The molecule has 0 radical (unpaired) electrons. The average Bonchev–Trinajstić information content (AvgIpc) is 2.98. The van der Waals surface area contributed by atoms with Crippen molar-refractivity contribution in [1.82, 2.24) is 20.4 Å². The molecule has 5 heteroatoms. The smallest absolute Gasteiger partial charge is 0.121 e. The molecule has 2 N–H and O–H groups in total. The second-order valence-electron chi connectivity index (χ2n) is 8.96. The summed E-state index contributed by atoms with van der Waals surface area (Å²) in [5, 5.41) is 7.18. The number of hydrogen-bond donors (Lipinski definition) is 2. The standard InChI is InChI=1S/C20H42N4O/c1-7-9-10-16(8-2)24-14-19(22-13-17(24)20(3,4)5)25-15-18-21-11-12-23(18)6/h16-19,21-22H,7-15H2,1-6H3. The fourth-order valence-electron chi connectivity index (χ4n) is 4.22. The summed E-state index contributed by atoms with van der Waals surface area (Å²) in [4.78, 5) is 5.09. The molecule has 0 saturated carbocycles. The van der Waals surface area contributed by atoms with E-state index in [0.29, 0.717) is 18.2 Å². The number of ether oxygens (including phenoxy) is 1. The predicted molar refractivity (Wildman–Crippen MR) is 106 cm³/mol. The topological polar surface area (TPSA) is 39.8 Å². The van der Waals surface area contributed by atoms with Gasteiger partial charge in [-0.2, -0.15) is 0 Å². The number of hydrogen-bond acceptors (Lipinski definition) is 5. The van der Waals surface area contributed by atoms with E-state index < -0.39 is 0 Å². The molecule has 2 aliphatic heterocycles. The van der Waals surface area contributed by atoms with Crippen molar-refractivity contribution in [3.8, 4) is 0 Å². The van der Waals surface area contributed by atoms with Crippen molar-refractivity contribution in [2.24, 2.45) is 5.41 Å². The minimum atomic E-state index is 0.144. The Labute approximate surface area is 155 Å². The lowest BCUT2D eigenvalue weighted by Gasteiger charge is -2.49. The van der Waals surface area contributed by atoms with Crippen LogP contribution in [0.4, 0.5) is 0 Å². The average molecular weight is 355 g/mol. The molecule has 4 atom stereocenters. The minimum absolute atomic E-state index is 0.144. The Balaban J connectivity index is 1.97. The molecule has 0 aromatic heterocycles. The van der Waals surface area contributed by atoms with Crippen LogP contribution in [0, 0.1) is 5.41 Å². The van der Waals surface area contributed by atoms with Crippen LogP contribution in [0.25, 0.3) is 0 Å². The van der Waals surface area contributed by atoms with Crippen LogP contribution in [0.15, 0.2) is 0 Å². The number of likely N-dealkylation sites (N-methyl/N-ethyl adjacent to an activating group) is 1. The number of rotatable bonds is 8. The summed E-state index contributed by atoms with van der Waals surface area (Å²) in [5.74, 6) is 0. The third-order valence-electron chi connectivity index (χ3n) is 5.98. The minimum Gasteiger partial charge on any atom is -0.359 e. The third kappa shape index (κ3) is 5.90. The maximum absolute atomic E-state index is 6.27. The van der Waals surface area contributed by atoms with E-state index in [2.05, 4.69) is 62.1 Å². The van der Waals surface area contributed by atoms with Crippen LogP contribution in [0.5, 0.6) is 0 Å². The molecule has 5 nitrogen and oxygen atoms in total. The highest BCUT2D eigenvalue weighted by atomic mass is 16.5. The van der Waals surface area contributed by atoms with Gasteiger partial charge in [-0.25, -0.2) is 0 Å². The summed E-state index contributed by atoms with van der Waals surface area (Å²) < 4.78 is 6.27. The van der Waals surface area contributed by atoms with E-state index in [-0.39, 0.29) is 11.6 Å². The van der Waals surface area contributed by atoms with Gasteiger partial charge in [0.25, 0.3) is 0 Å². The second-order valence-corrected chi connectivity index (χ2v) is 8.96. The lowest BCUT2D eigenvalue weighted by molar-refractivity contribution is -0.0799. The summed E-state index contributed by atoms with van der Waals surface area (Å²) in [6.45, 7) is 16.7. The van der Waals surface area contributed by atoms with Crippen LogP contribution < -0.4 is 10.6 Å². The first kappa shape index (κ1) is 21.1.